The average molecular weight is 389 g/mol. The van der Waals surface area contributed by atoms with Gasteiger partial charge in [0.2, 0.25) is 0 Å². The fourth-order valence-corrected chi connectivity index (χ4v) is 2.80. The van der Waals surface area contributed by atoms with Crippen molar-refractivity contribution >= 4 is 32.5 Å². The van der Waals surface area contributed by atoms with Crippen molar-refractivity contribution < 1.29 is 4.74 Å². The van der Waals surface area contributed by atoms with Gasteiger partial charge in [-0.1, -0.05) is 18.2 Å². The number of aromatic nitrogens is 3. The number of nitrogens with one attached hydrogen (secondary N) is 1. The van der Waals surface area contributed by atoms with E-state index in [1.54, 1.807) is 19.4 Å². The fraction of sp³-hybridized carbons (Fsp3) is 0.235. The summed E-state index contributed by atoms with van der Waals surface area (Å²) in [6.45, 7) is 1.23. The number of halogens is 1. The van der Waals surface area contributed by atoms with Crippen molar-refractivity contribution in [2.24, 2.45) is 7.05 Å². The number of hydrogen-bond acceptors (Lipinski definition) is 5. The van der Waals surface area contributed by atoms with E-state index < -0.39 is 0 Å². The largest absolute Gasteiger partial charge is 0.491 e. The second-order valence-corrected chi connectivity index (χ2v) is 6.05. The minimum absolute atomic E-state index is 0.168. The first kappa shape index (κ1) is 16.4. The molecule has 0 atom stereocenters. The van der Waals surface area contributed by atoms with Crippen LogP contribution >= 0.6 is 15.9 Å². The van der Waals surface area contributed by atoms with Gasteiger partial charge in [-0.2, -0.15) is 5.10 Å². The van der Waals surface area contributed by atoms with E-state index in [0.29, 0.717) is 23.3 Å². The third-order valence-corrected chi connectivity index (χ3v) is 4.33. The molecule has 0 aliphatic heterocycles. The maximum atomic E-state index is 11.8. The van der Waals surface area contributed by atoms with Crippen LogP contribution in [0.5, 0.6) is 5.75 Å². The molecule has 0 aliphatic rings. The Morgan fingerprint density at radius 3 is 3.00 bits per heavy atom. The normalized spacial score (nSPS) is 10.8. The van der Waals surface area contributed by atoms with Gasteiger partial charge in [0, 0.05) is 25.2 Å². The van der Waals surface area contributed by atoms with Crippen LogP contribution in [0.4, 0.5) is 5.69 Å². The second-order valence-electron chi connectivity index (χ2n) is 5.26. The van der Waals surface area contributed by atoms with Gasteiger partial charge < -0.3 is 10.1 Å². The number of rotatable bonds is 6. The van der Waals surface area contributed by atoms with Gasteiger partial charge in [0.1, 0.15) is 15.7 Å². The summed E-state index contributed by atoms with van der Waals surface area (Å²) in [6.07, 6.45) is 4.17. The Hall–Kier alpha value is -2.41. The van der Waals surface area contributed by atoms with Gasteiger partial charge in [-0.15, -0.1) is 0 Å². The van der Waals surface area contributed by atoms with Gasteiger partial charge in [-0.3, -0.25) is 9.78 Å². The van der Waals surface area contributed by atoms with Crippen LogP contribution in [0.15, 0.2) is 52.0 Å². The van der Waals surface area contributed by atoms with Crippen molar-refractivity contribution in [1.29, 1.82) is 0 Å². The van der Waals surface area contributed by atoms with E-state index in [1.165, 1.54) is 4.68 Å². The summed E-state index contributed by atoms with van der Waals surface area (Å²) in [4.78, 5) is 16.1. The van der Waals surface area contributed by atoms with E-state index in [1.807, 2.05) is 30.3 Å². The molecule has 0 amide bonds. The lowest BCUT2D eigenvalue weighted by molar-refractivity contribution is 0.318. The van der Waals surface area contributed by atoms with E-state index in [9.17, 15) is 4.79 Å². The maximum Gasteiger partial charge on any atom is 0.282 e. The third-order valence-electron chi connectivity index (χ3n) is 3.57. The Balaban J connectivity index is 1.54. The summed E-state index contributed by atoms with van der Waals surface area (Å²) < 4.78 is 7.60. The number of benzene rings is 1. The number of pyridine rings is 1. The predicted octanol–water partition coefficient (Wildman–Crippen LogP) is 2.97. The molecular formula is C17H17BrN4O2. The Bertz CT molecular complexity index is 905. The Kier molecular flexibility index (Phi) is 5.10. The lowest BCUT2D eigenvalue weighted by atomic mass is 10.2. The van der Waals surface area contributed by atoms with Crippen molar-refractivity contribution in [3.05, 3.63) is 57.6 Å². The van der Waals surface area contributed by atoms with Crippen LogP contribution in [0, 0.1) is 0 Å². The Labute approximate surface area is 147 Å². The van der Waals surface area contributed by atoms with Crippen molar-refractivity contribution in [2.45, 2.75) is 6.42 Å². The number of aryl methyl sites for hydroxylation is 1. The number of fused-ring (bicyclic) bond motifs is 1. The lowest BCUT2D eigenvalue weighted by Gasteiger charge is -2.10. The number of ether oxygens (including phenoxy) is 1. The molecular weight excluding hydrogens is 372 g/mol. The average Bonchev–Trinajstić information content (AvgIpc) is 2.61. The number of anilines is 1. The van der Waals surface area contributed by atoms with Gasteiger partial charge in [0.05, 0.1) is 18.5 Å². The van der Waals surface area contributed by atoms with Crippen molar-refractivity contribution in [2.75, 3.05) is 18.5 Å². The molecule has 0 fully saturated rings. The molecule has 3 aromatic rings. The highest BCUT2D eigenvalue weighted by Crippen LogP contribution is 2.23. The SMILES string of the molecule is Cn1ncc(NCCCOc2cccc3cccnc23)c(Br)c1=O. The Morgan fingerprint density at radius 1 is 1.29 bits per heavy atom. The lowest BCUT2D eigenvalue weighted by Crippen LogP contribution is -2.21. The first-order chi connectivity index (χ1) is 11.7. The topological polar surface area (TPSA) is 69.0 Å². The molecule has 6 nitrogen and oxygen atoms in total. The fourth-order valence-electron chi connectivity index (χ4n) is 2.30. The Morgan fingerprint density at radius 2 is 2.12 bits per heavy atom. The second kappa shape index (κ2) is 7.44. The molecule has 1 aromatic carbocycles. The molecule has 0 unspecified atom stereocenters. The summed E-state index contributed by atoms with van der Waals surface area (Å²) in [5.74, 6) is 0.782. The van der Waals surface area contributed by atoms with Crippen molar-refractivity contribution in [1.82, 2.24) is 14.8 Å². The first-order valence-electron chi connectivity index (χ1n) is 7.59. The minimum Gasteiger partial charge on any atom is -0.491 e. The van der Waals surface area contributed by atoms with E-state index in [0.717, 1.165) is 23.1 Å². The molecule has 1 N–H and O–H groups in total. The van der Waals surface area contributed by atoms with E-state index in [2.05, 4.69) is 31.3 Å². The zero-order chi connectivity index (χ0) is 16.9. The molecule has 0 bridgehead atoms. The molecule has 0 saturated heterocycles. The smallest absolute Gasteiger partial charge is 0.282 e. The van der Waals surface area contributed by atoms with Crippen LogP contribution in [0.2, 0.25) is 0 Å². The van der Waals surface area contributed by atoms with E-state index in [4.69, 9.17) is 4.74 Å². The van der Waals surface area contributed by atoms with Crippen molar-refractivity contribution in [3.63, 3.8) is 0 Å². The highest BCUT2D eigenvalue weighted by Gasteiger charge is 2.06. The molecule has 7 heteroatoms. The molecule has 0 saturated carbocycles. The minimum atomic E-state index is -0.168. The van der Waals surface area contributed by atoms with Crippen molar-refractivity contribution in [3.8, 4) is 5.75 Å². The van der Waals surface area contributed by atoms with Gasteiger partial charge in [-0.25, -0.2) is 4.68 Å². The number of hydrogen-bond donors (Lipinski definition) is 1. The van der Waals surface area contributed by atoms with Crippen LogP contribution in [0.3, 0.4) is 0 Å². The molecule has 0 aliphatic carbocycles. The maximum absolute atomic E-state index is 11.8. The number of para-hydroxylation sites is 1. The van der Waals surface area contributed by atoms with E-state index in [-0.39, 0.29) is 5.56 Å². The molecule has 2 heterocycles. The quantitative estimate of drug-likeness (QED) is 0.657. The van der Waals surface area contributed by atoms with Gasteiger partial charge in [-0.05, 0) is 34.5 Å². The first-order valence-corrected chi connectivity index (χ1v) is 8.38. The summed E-state index contributed by atoms with van der Waals surface area (Å²) in [6, 6.07) is 9.81. The highest BCUT2D eigenvalue weighted by molar-refractivity contribution is 9.10. The standard InChI is InChI=1S/C17H17BrN4O2/c1-22-17(23)15(18)13(11-21-22)19-9-4-10-24-14-7-2-5-12-6-3-8-20-16(12)14/h2-3,5-8,11,19H,4,9-10H2,1H3. The molecule has 124 valence electrons. The molecule has 24 heavy (non-hydrogen) atoms. The van der Waals surface area contributed by atoms with Crippen LogP contribution in [0.1, 0.15) is 6.42 Å². The van der Waals surface area contributed by atoms with Crippen LogP contribution in [-0.4, -0.2) is 27.9 Å². The van der Waals surface area contributed by atoms with E-state index >= 15 is 0 Å². The molecule has 0 spiro atoms. The van der Waals surface area contributed by atoms with Gasteiger partial charge >= 0.3 is 0 Å². The van der Waals surface area contributed by atoms with Crippen LogP contribution < -0.4 is 15.6 Å². The van der Waals surface area contributed by atoms with Gasteiger partial charge in [0.15, 0.2) is 0 Å². The summed E-state index contributed by atoms with van der Waals surface area (Å²) in [5, 5.41) is 8.24. The monoisotopic (exact) mass is 388 g/mol. The third kappa shape index (κ3) is 3.56. The predicted molar refractivity (Wildman–Crippen MR) is 97.5 cm³/mol. The molecule has 2 aromatic heterocycles. The summed E-state index contributed by atoms with van der Waals surface area (Å²) in [7, 11) is 1.61. The summed E-state index contributed by atoms with van der Waals surface area (Å²) in [5.41, 5.74) is 1.38. The zero-order valence-electron chi connectivity index (χ0n) is 13.2. The zero-order valence-corrected chi connectivity index (χ0v) is 14.8. The number of nitrogens with zero attached hydrogens (tertiary/aromatic N) is 3. The molecule has 3 rings (SSSR count). The molecule has 0 radical (unpaired) electrons. The van der Waals surface area contributed by atoms with Crippen LogP contribution in [-0.2, 0) is 7.05 Å². The van der Waals surface area contributed by atoms with Gasteiger partial charge in [0.25, 0.3) is 5.56 Å². The van der Waals surface area contributed by atoms with Crippen LogP contribution in [0.25, 0.3) is 10.9 Å². The summed E-state index contributed by atoms with van der Waals surface area (Å²) >= 11 is 3.29. The highest BCUT2D eigenvalue weighted by atomic mass is 79.9.